The summed E-state index contributed by atoms with van der Waals surface area (Å²) in [6.45, 7) is 0. The highest BCUT2D eigenvalue weighted by atomic mass is 35.5. The Bertz CT molecular complexity index is 730. The Morgan fingerprint density at radius 1 is 1.20 bits per heavy atom. The van der Waals surface area contributed by atoms with Crippen molar-refractivity contribution in [1.29, 1.82) is 0 Å². The Morgan fingerprint density at radius 3 is 2.45 bits per heavy atom. The molecule has 0 aliphatic rings. The second-order valence-corrected chi connectivity index (χ2v) is 4.65. The second-order valence-electron chi connectivity index (χ2n) is 4.22. The van der Waals surface area contributed by atoms with E-state index in [1.54, 1.807) is 31.3 Å². The van der Waals surface area contributed by atoms with Crippen LogP contribution in [0, 0.1) is 0 Å². The highest BCUT2D eigenvalue weighted by Crippen LogP contribution is 2.20. The van der Waals surface area contributed by atoms with Gasteiger partial charge in [0.2, 0.25) is 0 Å². The molecule has 0 spiro atoms. The van der Waals surface area contributed by atoms with Crippen LogP contribution in [0.1, 0.15) is 5.56 Å². The zero-order valence-electron chi connectivity index (χ0n) is 10.7. The normalized spacial score (nSPS) is 10.9. The van der Waals surface area contributed by atoms with Gasteiger partial charge in [-0.3, -0.25) is 4.79 Å². The van der Waals surface area contributed by atoms with Gasteiger partial charge >= 0.3 is 5.97 Å². The van der Waals surface area contributed by atoms with Crippen LogP contribution in [-0.4, -0.2) is 15.6 Å². The van der Waals surface area contributed by atoms with Gasteiger partial charge in [0, 0.05) is 23.7 Å². The van der Waals surface area contributed by atoms with E-state index < -0.39 is 5.97 Å². The first-order valence-corrected chi connectivity index (χ1v) is 6.24. The zero-order valence-corrected chi connectivity index (χ0v) is 11.5. The number of benzene rings is 1. The molecule has 0 saturated heterocycles. The Hall–Kier alpha value is -2.33. The summed E-state index contributed by atoms with van der Waals surface area (Å²) in [6, 6.07) is 10.5. The van der Waals surface area contributed by atoms with E-state index in [0.29, 0.717) is 10.6 Å². The molecule has 0 saturated carbocycles. The lowest BCUT2D eigenvalue weighted by Gasteiger charge is -2.09. The lowest BCUT2D eigenvalue weighted by Crippen LogP contribution is -2.20. The van der Waals surface area contributed by atoms with Crippen molar-refractivity contribution in [3.8, 4) is 11.3 Å². The minimum Gasteiger partial charge on any atom is -0.478 e. The molecular weight excluding hydrogens is 278 g/mol. The molecule has 0 bridgehead atoms. The Labute approximate surface area is 120 Å². The molecule has 4 nitrogen and oxygen atoms in total. The number of hydrogen-bond donors (Lipinski definition) is 1. The third-order valence-corrected chi connectivity index (χ3v) is 3.13. The van der Waals surface area contributed by atoms with Crippen LogP contribution >= 0.6 is 11.6 Å². The molecule has 1 aromatic heterocycles. The summed E-state index contributed by atoms with van der Waals surface area (Å²) in [5, 5.41) is 9.21. The van der Waals surface area contributed by atoms with Crippen molar-refractivity contribution in [3.63, 3.8) is 0 Å². The molecule has 0 aliphatic carbocycles. The average molecular weight is 290 g/mol. The molecule has 1 aromatic carbocycles. The van der Waals surface area contributed by atoms with Crippen molar-refractivity contribution in [3.05, 3.63) is 63.4 Å². The molecule has 0 aliphatic heterocycles. The molecule has 5 heteroatoms. The van der Waals surface area contributed by atoms with Gasteiger partial charge in [-0.1, -0.05) is 23.7 Å². The number of aromatic nitrogens is 1. The van der Waals surface area contributed by atoms with E-state index in [1.165, 1.54) is 10.6 Å². The number of aliphatic carboxylic acids is 1. The van der Waals surface area contributed by atoms with Gasteiger partial charge < -0.3 is 9.67 Å². The van der Waals surface area contributed by atoms with E-state index in [1.807, 2.05) is 12.1 Å². The third kappa shape index (κ3) is 2.97. The molecule has 102 valence electrons. The number of nitrogens with zero attached hydrogens (tertiary/aromatic N) is 1. The summed E-state index contributed by atoms with van der Waals surface area (Å²) in [5.74, 6) is -1.09. The Balaban J connectivity index is 2.48. The summed E-state index contributed by atoms with van der Waals surface area (Å²) in [7, 11) is 1.64. The smallest absolute Gasteiger partial charge is 0.328 e. The second kappa shape index (κ2) is 5.75. The summed E-state index contributed by atoms with van der Waals surface area (Å²) in [5.41, 5.74) is 1.67. The fourth-order valence-electron chi connectivity index (χ4n) is 1.85. The van der Waals surface area contributed by atoms with E-state index in [2.05, 4.69) is 0 Å². The van der Waals surface area contributed by atoms with E-state index in [4.69, 9.17) is 16.7 Å². The minimum absolute atomic E-state index is 0.255. The standard InChI is InChI=1S/C15H12ClNO3/c1-17-13(10-2-6-12(16)7-3-10)8-4-11(15(17)20)5-9-14(18)19/h2-9H,1H3,(H,18,19)/b9-5+. The van der Waals surface area contributed by atoms with Gasteiger partial charge in [0.1, 0.15) is 0 Å². The van der Waals surface area contributed by atoms with Gasteiger partial charge in [-0.15, -0.1) is 0 Å². The molecule has 1 N–H and O–H groups in total. The topological polar surface area (TPSA) is 59.3 Å². The van der Waals surface area contributed by atoms with Gasteiger partial charge in [0.05, 0.1) is 5.69 Å². The number of pyridine rings is 1. The number of hydrogen-bond acceptors (Lipinski definition) is 2. The summed E-state index contributed by atoms with van der Waals surface area (Å²) < 4.78 is 1.48. The lowest BCUT2D eigenvalue weighted by atomic mass is 10.1. The van der Waals surface area contributed by atoms with Crippen molar-refractivity contribution in [2.24, 2.45) is 7.05 Å². The maximum atomic E-state index is 12.1. The van der Waals surface area contributed by atoms with Crippen LogP contribution in [0.2, 0.25) is 5.02 Å². The van der Waals surface area contributed by atoms with Crippen LogP contribution in [-0.2, 0) is 11.8 Å². The summed E-state index contributed by atoms with van der Waals surface area (Å²) in [6.07, 6.45) is 2.23. The fourth-order valence-corrected chi connectivity index (χ4v) is 1.98. The van der Waals surface area contributed by atoms with E-state index in [-0.39, 0.29) is 5.56 Å². The van der Waals surface area contributed by atoms with Crippen molar-refractivity contribution in [2.75, 3.05) is 0 Å². The van der Waals surface area contributed by atoms with Crippen LogP contribution < -0.4 is 5.56 Å². The maximum absolute atomic E-state index is 12.1. The summed E-state index contributed by atoms with van der Waals surface area (Å²) in [4.78, 5) is 22.6. The first-order valence-electron chi connectivity index (χ1n) is 5.86. The number of halogens is 1. The molecule has 0 radical (unpaired) electrons. The molecule has 0 unspecified atom stereocenters. The Kier molecular flexibility index (Phi) is 4.05. The van der Waals surface area contributed by atoms with Gasteiger partial charge in [-0.2, -0.15) is 0 Å². The number of rotatable bonds is 3. The molecular formula is C15H12ClNO3. The van der Waals surface area contributed by atoms with Crippen molar-refractivity contribution < 1.29 is 9.90 Å². The monoisotopic (exact) mass is 289 g/mol. The fraction of sp³-hybridized carbons (Fsp3) is 0.0667. The molecule has 0 fully saturated rings. The van der Waals surface area contributed by atoms with E-state index in [9.17, 15) is 9.59 Å². The van der Waals surface area contributed by atoms with E-state index in [0.717, 1.165) is 17.3 Å². The van der Waals surface area contributed by atoms with Crippen LogP contribution in [0.15, 0.2) is 47.3 Å². The van der Waals surface area contributed by atoms with Crippen LogP contribution in [0.25, 0.3) is 17.3 Å². The third-order valence-electron chi connectivity index (χ3n) is 2.88. The largest absolute Gasteiger partial charge is 0.478 e. The van der Waals surface area contributed by atoms with Gasteiger partial charge in [0.25, 0.3) is 5.56 Å². The van der Waals surface area contributed by atoms with Crippen molar-refractivity contribution in [1.82, 2.24) is 4.57 Å². The molecule has 0 amide bonds. The van der Waals surface area contributed by atoms with Crippen molar-refractivity contribution >= 4 is 23.6 Å². The first-order chi connectivity index (χ1) is 9.49. The van der Waals surface area contributed by atoms with Gasteiger partial charge in [0.15, 0.2) is 0 Å². The quantitative estimate of drug-likeness (QED) is 0.884. The first kappa shape index (κ1) is 14.1. The SMILES string of the molecule is Cn1c(-c2ccc(Cl)cc2)ccc(/C=C/C(=O)O)c1=O. The molecule has 0 atom stereocenters. The maximum Gasteiger partial charge on any atom is 0.328 e. The van der Waals surface area contributed by atoms with E-state index >= 15 is 0 Å². The summed E-state index contributed by atoms with van der Waals surface area (Å²) >= 11 is 5.83. The highest BCUT2D eigenvalue weighted by Gasteiger charge is 2.06. The lowest BCUT2D eigenvalue weighted by molar-refractivity contribution is -0.131. The van der Waals surface area contributed by atoms with Crippen molar-refractivity contribution in [2.45, 2.75) is 0 Å². The predicted molar refractivity (Wildman–Crippen MR) is 78.8 cm³/mol. The molecule has 20 heavy (non-hydrogen) atoms. The highest BCUT2D eigenvalue weighted by molar-refractivity contribution is 6.30. The molecule has 2 rings (SSSR count). The van der Waals surface area contributed by atoms with Gasteiger partial charge in [-0.25, -0.2) is 4.79 Å². The predicted octanol–water partition coefficient (Wildman–Crippen LogP) is 2.80. The zero-order chi connectivity index (χ0) is 14.7. The van der Waals surface area contributed by atoms with Crippen LogP contribution in [0.3, 0.4) is 0 Å². The van der Waals surface area contributed by atoms with Crippen LogP contribution in [0.4, 0.5) is 0 Å². The average Bonchev–Trinajstić information content (AvgIpc) is 2.42. The molecule has 1 heterocycles. The molecule has 2 aromatic rings. The number of carboxylic acid groups (broad SMARTS) is 1. The Morgan fingerprint density at radius 2 is 1.85 bits per heavy atom. The number of carbonyl (C=O) groups is 1. The van der Waals surface area contributed by atoms with Crippen LogP contribution in [0.5, 0.6) is 0 Å². The van der Waals surface area contributed by atoms with Gasteiger partial charge in [-0.05, 0) is 35.9 Å². The number of carboxylic acids is 1. The minimum atomic E-state index is -1.09.